The summed E-state index contributed by atoms with van der Waals surface area (Å²) in [5.74, 6) is -0.305. The molecule has 1 N–H and O–H groups in total. The molecular formula is C9H15BrF3NO2. The van der Waals surface area contributed by atoms with E-state index in [0.717, 1.165) is 6.42 Å². The molecule has 0 aromatic carbocycles. The van der Waals surface area contributed by atoms with Crippen LogP contribution >= 0.6 is 15.9 Å². The SMILES string of the molecule is CCC(Br)CNC(=O)CCOCC(F)(F)F. The standard InChI is InChI=1S/C9H15BrF3NO2/c1-2-7(10)5-14-8(15)3-4-16-6-9(11,12)13/h7H,2-6H2,1H3,(H,14,15). The van der Waals surface area contributed by atoms with Crippen LogP contribution in [0.5, 0.6) is 0 Å². The van der Waals surface area contributed by atoms with Gasteiger partial charge >= 0.3 is 6.18 Å². The quantitative estimate of drug-likeness (QED) is 0.579. The van der Waals surface area contributed by atoms with Gasteiger partial charge in [-0.2, -0.15) is 13.2 Å². The fraction of sp³-hybridized carbons (Fsp3) is 0.889. The predicted molar refractivity (Wildman–Crippen MR) is 57.5 cm³/mol. The third-order valence-electron chi connectivity index (χ3n) is 1.70. The van der Waals surface area contributed by atoms with Crippen molar-refractivity contribution in [3.05, 3.63) is 0 Å². The molecule has 0 aromatic heterocycles. The van der Waals surface area contributed by atoms with Crippen molar-refractivity contribution in [1.29, 1.82) is 0 Å². The Morgan fingerprint density at radius 2 is 2.12 bits per heavy atom. The second kappa shape index (κ2) is 7.89. The molecule has 3 nitrogen and oxygen atoms in total. The van der Waals surface area contributed by atoms with Crippen LogP contribution in [-0.2, 0) is 9.53 Å². The van der Waals surface area contributed by atoms with E-state index in [9.17, 15) is 18.0 Å². The molecule has 0 fully saturated rings. The van der Waals surface area contributed by atoms with Crippen LogP contribution in [0.4, 0.5) is 13.2 Å². The topological polar surface area (TPSA) is 38.3 Å². The molecule has 1 atom stereocenters. The van der Waals surface area contributed by atoms with Crippen molar-refractivity contribution in [1.82, 2.24) is 5.32 Å². The first-order valence-electron chi connectivity index (χ1n) is 4.90. The first-order valence-corrected chi connectivity index (χ1v) is 5.82. The van der Waals surface area contributed by atoms with Crippen LogP contribution in [0.25, 0.3) is 0 Å². The number of ether oxygens (including phenoxy) is 1. The van der Waals surface area contributed by atoms with Crippen LogP contribution in [0.1, 0.15) is 19.8 Å². The monoisotopic (exact) mass is 305 g/mol. The lowest BCUT2D eigenvalue weighted by atomic mass is 10.3. The molecule has 16 heavy (non-hydrogen) atoms. The highest BCUT2D eigenvalue weighted by Gasteiger charge is 2.27. The average Bonchev–Trinajstić information content (AvgIpc) is 2.19. The predicted octanol–water partition coefficient (Wildman–Crippen LogP) is 2.25. The van der Waals surface area contributed by atoms with Crippen molar-refractivity contribution < 1.29 is 22.7 Å². The summed E-state index contributed by atoms with van der Waals surface area (Å²) in [6, 6.07) is 0. The van der Waals surface area contributed by atoms with Crippen LogP contribution in [0.2, 0.25) is 0 Å². The van der Waals surface area contributed by atoms with E-state index in [0.29, 0.717) is 6.54 Å². The zero-order chi connectivity index (χ0) is 12.6. The molecule has 0 aliphatic rings. The van der Waals surface area contributed by atoms with Gasteiger partial charge in [-0.3, -0.25) is 4.79 Å². The van der Waals surface area contributed by atoms with E-state index >= 15 is 0 Å². The number of rotatable bonds is 7. The normalized spacial score (nSPS) is 13.6. The molecule has 96 valence electrons. The first kappa shape index (κ1) is 15.7. The zero-order valence-electron chi connectivity index (χ0n) is 8.94. The Hall–Kier alpha value is -0.300. The smallest absolute Gasteiger partial charge is 0.372 e. The van der Waals surface area contributed by atoms with Crippen LogP contribution in [-0.4, -0.2) is 36.7 Å². The summed E-state index contributed by atoms with van der Waals surface area (Å²) in [6.07, 6.45) is -3.52. The maximum absolute atomic E-state index is 11.6. The van der Waals surface area contributed by atoms with Gasteiger partial charge in [0, 0.05) is 17.8 Å². The van der Waals surface area contributed by atoms with Crippen molar-refractivity contribution in [3.63, 3.8) is 0 Å². The minimum absolute atomic E-state index is 0.0560. The molecule has 0 rings (SSSR count). The van der Waals surface area contributed by atoms with E-state index in [-0.39, 0.29) is 23.8 Å². The Balaban J connectivity index is 3.44. The third-order valence-corrected chi connectivity index (χ3v) is 2.67. The molecule has 0 aromatic rings. The van der Waals surface area contributed by atoms with Gasteiger partial charge in [-0.25, -0.2) is 0 Å². The summed E-state index contributed by atoms with van der Waals surface area (Å²) in [7, 11) is 0. The maximum Gasteiger partial charge on any atom is 0.411 e. The number of halogens is 4. The zero-order valence-corrected chi connectivity index (χ0v) is 10.5. The number of alkyl halides is 4. The molecular weight excluding hydrogens is 291 g/mol. The molecule has 0 aliphatic carbocycles. The molecule has 7 heteroatoms. The molecule has 0 spiro atoms. The summed E-state index contributed by atoms with van der Waals surface area (Å²) in [6.45, 7) is 0.896. The van der Waals surface area contributed by atoms with Gasteiger partial charge in [-0.05, 0) is 6.42 Å². The van der Waals surface area contributed by atoms with Gasteiger partial charge in [-0.15, -0.1) is 0 Å². The summed E-state index contributed by atoms with van der Waals surface area (Å²) < 4.78 is 39.2. The Morgan fingerprint density at radius 1 is 1.50 bits per heavy atom. The molecule has 1 amide bonds. The van der Waals surface area contributed by atoms with Crippen LogP contribution in [0.3, 0.4) is 0 Å². The highest BCUT2D eigenvalue weighted by atomic mass is 79.9. The lowest BCUT2D eigenvalue weighted by Crippen LogP contribution is -2.30. The number of carbonyl (C=O) groups excluding carboxylic acids is 1. The van der Waals surface area contributed by atoms with Crippen molar-refractivity contribution in [2.75, 3.05) is 19.8 Å². The molecule has 1 unspecified atom stereocenters. The van der Waals surface area contributed by atoms with E-state index in [4.69, 9.17) is 0 Å². The number of carbonyl (C=O) groups is 1. The molecule has 0 aliphatic heterocycles. The minimum Gasteiger partial charge on any atom is -0.372 e. The molecule has 0 bridgehead atoms. The van der Waals surface area contributed by atoms with E-state index < -0.39 is 12.8 Å². The summed E-state index contributed by atoms with van der Waals surface area (Å²) >= 11 is 3.32. The Labute approximate surface area is 101 Å². The first-order chi connectivity index (χ1) is 7.35. The van der Waals surface area contributed by atoms with Gasteiger partial charge in [0.1, 0.15) is 6.61 Å². The maximum atomic E-state index is 11.6. The van der Waals surface area contributed by atoms with Crippen molar-refractivity contribution in [2.24, 2.45) is 0 Å². The lowest BCUT2D eigenvalue weighted by Gasteiger charge is -2.09. The Morgan fingerprint density at radius 3 is 2.62 bits per heavy atom. The number of amides is 1. The molecule has 0 saturated carbocycles. The van der Waals surface area contributed by atoms with Crippen LogP contribution in [0.15, 0.2) is 0 Å². The van der Waals surface area contributed by atoms with E-state index in [1.165, 1.54) is 0 Å². The number of hydrogen-bond acceptors (Lipinski definition) is 2. The number of nitrogens with one attached hydrogen (secondary N) is 1. The molecule has 0 heterocycles. The summed E-state index contributed by atoms with van der Waals surface area (Å²) in [4.78, 5) is 11.3. The van der Waals surface area contributed by atoms with Crippen molar-refractivity contribution in [3.8, 4) is 0 Å². The minimum atomic E-state index is -4.33. The summed E-state index contributed by atoms with van der Waals surface area (Å²) in [5, 5.41) is 2.58. The second-order valence-corrected chi connectivity index (χ2v) is 4.52. The summed E-state index contributed by atoms with van der Waals surface area (Å²) in [5.41, 5.74) is 0. The van der Waals surface area contributed by atoms with Gasteiger partial charge < -0.3 is 10.1 Å². The fourth-order valence-electron chi connectivity index (χ4n) is 0.810. The Bertz CT molecular complexity index is 211. The van der Waals surface area contributed by atoms with Gasteiger partial charge in [0.05, 0.1) is 6.61 Å². The van der Waals surface area contributed by atoms with Gasteiger partial charge in [-0.1, -0.05) is 22.9 Å². The third kappa shape index (κ3) is 10.2. The highest BCUT2D eigenvalue weighted by Crippen LogP contribution is 2.14. The second-order valence-electron chi connectivity index (χ2n) is 3.23. The van der Waals surface area contributed by atoms with Crippen molar-refractivity contribution >= 4 is 21.8 Å². The largest absolute Gasteiger partial charge is 0.411 e. The molecule has 0 saturated heterocycles. The van der Waals surface area contributed by atoms with Gasteiger partial charge in [0.15, 0.2) is 0 Å². The molecule has 0 radical (unpaired) electrons. The average molecular weight is 306 g/mol. The van der Waals surface area contributed by atoms with E-state index in [2.05, 4.69) is 26.0 Å². The highest BCUT2D eigenvalue weighted by molar-refractivity contribution is 9.09. The van der Waals surface area contributed by atoms with Crippen LogP contribution in [0, 0.1) is 0 Å². The van der Waals surface area contributed by atoms with Gasteiger partial charge in [0.2, 0.25) is 5.91 Å². The van der Waals surface area contributed by atoms with Crippen molar-refractivity contribution in [2.45, 2.75) is 30.8 Å². The fourth-order valence-corrected chi connectivity index (χ4v) is 0.972. The van der Waals surface area contributed by atoms with Gasteiger partial charge in [0.25, 0.3) is 0 Å². The lowest BCUT2D eigenvalue weighted by molar-refractivity contribution is -0.174. The number of hydrogen-bond donors (Lipinski definition) is 1. The van der Waals surface area contributed by atoms with E-state index in [1.54, 1.807) is 0 Å². The Kier molecular flexibility index (Phi) is 7.74. The van der Waals surface area contributed by atoms with E-state index in [1.807, 2.05) is 6.92 Å². The van der Waals surface area contributed by atoms with Crippen LogP contribution < -0.4 is 5.32 Å².